The van der Waals surface area contributed by atoms with Crippen molar-refractivity contribution in [2.75, 3.05) is 0 Å². The first kappa shape index (κ1) is 25.5. The van der Waals surface area contributed by atoms with Crippen LogP contribution >= 0.6 is 0 Å². The maximum absolute atomic E-state index is 13.3. The molecule has 1 amide bonds. The molecule has 11 heteroatoms. The van der Waals surface area contributed by atoms with E-state index in [9.17, 15) is 14.0 Å². The van der Waals surface area contributed by atoms with Crippen LogP contribution in [0.2, 0.25) is 0 Å². The zero-order valence-electron chi connectivity index (χ0n) is 20.7. The molecule has 0 radical (unpaired) electrons. The summed E-state index contributed by atoms with van der Waals surface area (Å²) in [5.41, 5.74) is 2.27. The van der Waals surface area contributed by atoms with Crippen molar-refractivity contribution in [2.24, 2.45) is 5.41 Å². The van der Waals surface area contributed by atoms with E-state index >= 15 is 0 Å². The Labute approximate surface area is 212 Å². The smallest absolute Gasteiger partial charge is 0.394 e. The van der Waals surface area contributed by atoms with Crippen molar-refractivity contribution in [3.8, 4) is 0 Å². The molecule has 0 saturated carbocycles. The molecule has 37 heavy (non-hydrogen) atoms. The molecule has 1 unspecified atom stereocenters. The van der Waals surface area contributed by atoms with E-state index in [0.29, 0.717) is 17.9 Å². The van der Waals surface area contributed by atoms with E-state index in [2.05, 4.69) is 31.9 Å². The maximum Gasteiger partial charge on any atom is 0.394 e. The van der Waals surface area contributed by atoms with Gasteiger partial charge in [-0.25, -0.2) is 9.18 Å². The monoisotopic (exact) mass is 506 g/mol. The molecule has 10 nitrogen and oxygen atoms in total. The van der Waals surface area contributed by atoms with E-state index in [1.807, 2.05) is 49.7 Å². The molecule has 1 atom stereocenters. The van der Waals surface area contributed by atoms with Gasteiger partial charge < -0.3 is 20.3 Å². The molecule has 0 bridgehead atoms. The van der Waals surface area contributed by atoms with Crippen LogP contribution in [0.4, 0.5) is 4.39 Å². The van der Waals surface area contributed by atoms with Gasteiger partial charge in [0.05, 0.1) is 24.3 Å². The van der Waals surface area contributed by atoms with Crippen LogP contribution in [0, 0.1) is 11.2 Å². The van der Waals surface area contributed by atoms with Crippen LogP contribution in [0.1, 0.15) is 48.5 Å². The maximum atomic E-state index is 13.3. The van der Waals surface area contributed by atoms with Gasteiger partial charge in [-0.05, 0) is 29.2 Å². The first-order chi connectivity index (χ1) is 17.5. The average molecular weight is 507 g/mol. The first-order valence-electron chi connectivity index (χ1n) is 11.5. The third-order valence-corrected chi connectivity index (χ3v) is 5.71. The molecule has 3 N–H and O–H groups in total. The normalized spacial score (nSPS) is 12.3. The summed E-state index contributed by atoms with van der Waals surface area (Å²) < 4.78 is 19.8. The topological polar surface area (TPSA) is 135 Å². The van der Waals surface area contributed by atoms with Crippen LogP contribution in [0.25, 0.3) is 16.6 Å². The van der Waals surface area contributed by atoms with Crippen molar-refractivity contribution >= 4 is 28.5 Å². The van der Waals surface area contributed by atoms with Gasteiger partial charge in [0.1, 0.15) is 17.6 Å². The Balaban J connectivity index is 1.54. The van der Waals surface area contributed by atoms with Gasteiger partial charge in [-0.2, -0.15) is 10.1 Å². The standard InChI is InChI=1S/C26H27FN6O4/c1-15(29-22(26(2,3)4)23(34)28-13-20-30-24(25(35)36)37-32-20)21-18-7-5-6-8-19(18)33(31-21)14-16-9-11-17(27)12-10-16/h5-12,22,29H,1,13-14H2,2-4H3,(H,28,34)(H,35,36). The molecular formula is C26H27FN6O4. The number of para-hydroxylation sites is 1. The molecule has 0 aliphatic rings. The number of rotatable bonds is 9. The summed E-state index contributed by atoms with van der Waals surface area (Å²) in [6, 6.07) is 13.2. The van der Waals surface area contributed by atoms with Gasteiger partial charge in [-0.15, -0.1) is 0 Å². The van der Waals surface area contributed by atoms with Gasteiger partial charge in [-0.3, -0.25) is 9.48 Å². The number of halogens is 1. The molecule has 2 heterocycles. The van der Waals surface area contributed by atoms with Gasteiger partial charge in [0.15, 0.2) is 5.82 Å². The number of carboxylic acid groups (broad SMARTS) is 1. The Hall–Kier alpha value is -4.54. The molecule has 4 rings (SSSR count). The van der Waals surface area contributed by atoms with E-state index in [1.54, 1.807) is 12.1 Å². The van der Waals surface area contributed by atoms with E-state index in [0.717, 1.165) is 16.5 Å². The number of hydrogen-bond donors (Lipinski definition) is 3. The number of carboxylic acids is 1. The fourth-order valence-electron chi connectivity index (χ4n) is 3.83. The number of aromatic nitrogens is 4. The summed E-state index contributed by atoms with van der Waals surface area (Å²) in [6.07, 6.45) is 0. The molecule has 0 spiro atoms. The second-order valence-corrected chi connectivity index (χ2v) is 9.61. The minimum absolute atomic E-state index is 0.0442. The summed E-state index contributed by atoms with van der Waals surface area (Å²) in [4.78, 5) is 27.8. The average Bonchev–Trinajstić information content (AvgIpc) is 3.47. The van der Waals surface area contributed by atoms with E-state index in [4.69, 9.17) is 10.2 Å². The van der Waals surface area contributed by atoms with Gasteiger partial charge >= 0.3 is 11.9 Å². The summed E-state index contributed by atoms with van der Waals surface area (Å²) in [7, 11) is 0. The van der Waals surface area contributed by atoms with Crippen molar-refractivity contribution in [3.63, 3.8) is 0 Å². The highest BCUT2D eigenvalue weighted by Gasteiger charge is 2.32. The van der Waals surface area contributed by atoms with Crippen molar-refractivity contribution < 1.29 is 23.6 Å². The first-order valence-corrected chi connectivity index (χ1v) is 11.5. The molecule has 192 valence electrons. The molecule has 0 fully saturated rings. The lowest BCUT2D eigenvalue weighted by molar-refractivity contribution is -0.125. The predicted octanol–water partition coefficient (Wildman–Crippen LogP) is 3.60. The highest BCUT2D eigenvalue weighted by molar-refractivity contribution is 5.91. The van der Waals surface area contributed by atoms with Crippen molar-refractivity contribution in [3.05, 3.63) is 83.9 Å². The number of hydrogen-bond acceptors (Lipinski definition) is 7. The van der Waals surface area contributed by atoms with Crippen molar-refractivity contribution in [1.29, 1.82) is 0 Å². The van der Waals surface area contributed by atoms with E-state index < -0.39 is 23.3 Å². The van der Waals surface area contributed by atoms with Crippen LogP contribution in [0.5, 0.6) is 0 Å². The Bertz CT molecular complexity index is 1450. The third kappa shape index (κ3) is 5.83. The number of carbonyl (C=O) groups is 2. The highest BCUT2D eigenvalue weighted by atomic mass is 19.1. The summed E-state index contributed by atoms with van der Waals surface area (Å²) >= 11 is 0. The Morgan fingerprint density at radius 2 is 1.86 bits per heavy atom. The predicted molar refractivity (Wildman–Crippen MR) is 134 cm³/mol. The quantitative estimate of drug-likeness (QED) is 0.313. The van der Waals surface area contributed by atoms with Gasteiger partial charge in [-0.1, -0.05) is 62.8 Å². The fourth-order valence-corrected chi connectivity index (χ4v) is 3.83. The molecule has 0 saturated heterocycles. The minimum atomic E-state index is -1.35. The van der Waals surface area contributed by atoms with E-state index in [-0.39, 0.29) is 24.1 Å². The van der Waals surface area contributed by atoms with E-state index in [1.165, 1.54) is 12.1 Å². The SMILES string of the molecule is C=C(NC(C(=O)NCc1noc(C(=O)O)n1)C(C)(C)C)c1nn(Cc2ccc(F)cc2)c2ccccc12. The molecule has 2 aromatic heterocycles. The van der Waals surface area contributed by atoms with Gasteiger partial charge in [0, 0.05) is 5.39 Å². The second-order valence-electron chi connectivity index (χ2n) is 9.61. The zero-order chi connectivity index (χ0) is 26.7. The molecule has 0 aliphatic heterocycles. The Morgan fingerprint density at radius 1 is 1.16 bits per heavy atom. The van der Waals surface area contributed by atoms with Crippen LogP contribution in [0.3, 0.4) is 0 Å². The molecule has 0 aliphatic carbocycles. The lowest BCUT2D eigenvalue weighted by Gasteiger charge is -2.31. The minimum Gasteiger partial charge on any atom is -0.474 e. The summed E-state index contributed by atoms with van der Waals surface area (Å²) in [6.45, 7) is 10.2. The number of fused-ring (bicyclic) bond motifs is 1. The number of carbonyl (C=O) groups excluding carboxylic acids is 1. The number of nitrogens with one attached hydrogen (secondary N) is 2. The van der Waals surface area contributed by atoms with Gasteiger partial charge in [0.25, 0.3) is 0 Å². The zero-order valence-corrected chi connectivity index (χ0v) is 20.7. The number of benzene rings is 2. The van der Waals surface area contributed by atoms with Crippen LogP contribution in [0.15, 0.2) is 59.6 Å². The highest BCUT2D eigenvalue weighted by Crippen LogP contribution is 2.27. The summed E-state index contributed by atoms with van der Waals surface area (Å²) in [5, 5.41) is 24.0. The number of aromatic carboxylic acids is 1. The Kier molecular flexibility index (Phi) is 7.05. The summed E-state index contributed by atoms with van der Waals surface area (Å²) in [5.74, 6) is -2.51. The third-order valence-electron chi connectivity index (χ3n) is 5.71. The molecular weight excluding hydrogens is 479 g/mol. The molecule has 2 aromatic carbocycles. The number of nitrogens with zero attached hydrogens (tertiary/aromatic N) is 4. The van der Waals surface area contributed by atoms with Crippen LogP contribution < -0.4 is 10.6 Å². The Morgan fingerprint density at radius 3 is 2.51 bits per heavy atom. The fraction of sp³-hybridized carbons (Fsp3) is 0.269. The second kappa shape index (κ2) is 10.2. The van der Waals surface area contributed by atoms with Gasteiger partial charge in [0.2, 0.25) is 5.91 Å². The lowest BCUT2D eigenvalue weighted by Crippen LogP contribution is -2.50. The van der Waals surface area contributed by atoms with Crippen LogP contribution in [-0.2, 0) is 17.9 Å². The lowest BCUT2D eigenvalue weighted by atomic mass is 9.85. The number of amides is 1. The van der Waals surface area contributed by atoms with Crippen molar-refractivity contribution in [2.45, 2.75) is 39.9 Å². The molecule has 4 aromatic rings. The van der Waals surface area contributed by atoms with Crippen molar-refractivity contribution in [1.82, 2.24) is 30.6 Å². The van der Waals surface area contributed by atoms with Crippen LogP contribution in [-0.4, -0.2) is 42.9 Å². The largest absolute Gasteiger partial charge is 0.474 e.